The average Bonchev–Trinajstić information content (AvgIpc) is 3.16. The Balaban J connectivity index is 1.54. The van der Waals surface area contributed by atoms with Crippen molar-refractivity contribution in [2.75, 3.05) is 97.3 Å². The minimum absolute atomic E-state index is 0.0500. The van der Waals surface area contributed by atoms with Gasteiger partial charge in [-0.25, -0.2) is 14.6 Å². The van der Waals surface area contributed by atoms with Crippen LogP contribution in [0.2, 0.25) is 0 Å². The molecule has 0 saturated heterocycles. The number of imide groups is 1. The minimum atomic E-state index is -0.926. The van der Waals surface area contributed by atoms with Crippen molar-refractivity contribution in [3.05, 3.63) is 60.3 Å². The van der Waals surface area contributed by atoms with Crippen molar-refractivity contribution < 1.29 is 57.3 Å². The summed E-state index contributed by atoms with van der Waals surface area (Å²) in [5, 5.41) is 10.1. The van der Waals surface area contributed by atoms with Crippen LogP contribution < -0.4 is 15.4 Å². The maximum Gasteiger partial charge on any atom is 0.425 e. The highest BCUT2D eigenvalue weighted by molar-refractivity contribution is 6.11. The number of hydrogen-bond acceptors (Lipinski definition) is 14. The first-order chi connectivity index (χ1) is 27.7. The van der Waals surface area contributed by atoms with E-state index in [1.54, 1.807) is 59.9 Å². The van der Waals surface area contributed by atoms with Crippen molar-refractivity contribution in [3.63, 3.8) is 0 Å². The minimum Gasteiger partial charge on any atom is -0.508 e. The van der Waals surface area contributed by atoms with E-state index in [1.807, 2.05) is 31.2 Å². The summed E-state index contributed by atoms with van der Waals surface area (Å²) in [6.45, 7) is 18.8. The van der Waals surface area contributed by atoms with Crippen LogP contribution in [0.4, 0.5) is 15.4 Å². The number of carbonyl (C=O) groups excluding carboxylic acids is 2. The van der Waals surface area contributed by atoms with Crippen molar-refractivity contribution in [1.82, 2.24) is 4.98 Å². The van der Waals surface area contributed by atoms with E-state index >= 15 is 0 Å². The SMILES string of the molecule is CCc1c(-c2ccc(OCCOCCOCCOCCOCCOCCOCCN)cc2)cnc(N(C(=O)OC(C)(C)C)C(=O)OC(C)(C)C)c1-c1ccc(O)cc1. The molecular formula is C43H63N3O12. The lowest BCUT2D eigenvalue weighted by molar-refractivity contribution is -0.0175. The molecule has 0 aliphatic rings. The number of phenols is 1. The first kappa shape index (κ1) is 48.0. The number of rotatable bonds is 25. The van der Waals surface area contributed by atoms with E-state index in [0.717, 1.165) is 21.6 Å². The van der Waals surface area contributed by atoms with E-state index in [9.17, 15) is 14.7 Å². The molecule has 2 aromatic carbocycles. The highest BCUT2D eigenvalue weighted by Crippen LogP contribution is 2.40. The molecule has 0 atom stereocenters. The van der Waals surface area contributed by atoms with Crippen LogP contribution in [-0.4, -0.2) is 126 Å². The van der Waals surface area contributed by atoms with Crippen molar-refractivity contribution in [3.8, 4) is 33.8 Å². The Bertz CT molecular complexity index is 1610. The molecule has 58 heavy (non-hydrogen) atoms. The smallest absolute Gasteiger partial charge is 0.425 e. The number of ether oxygens (including phenoxy) is 9. The molecule has 322 valence electrons. The predicted octanol–water partition coefficient (Wildman–Crippen LogP) is 6.80. The van der Waals surface area contributed by atoms with Crippen LogP contribution >= 0.6 is 0 Å². The monoisotopic (exact) mass is 813 g/mol. The fraction of sp³-hybridized carbons (Fsp3) is 0.558. The summed E-state index contributed by atoms with van der Waals surface area (Å²) in [4.78, 5) is 32.9. The summed E-state index contributed by atoms with van der Waals surface area (Å²) in [7, 11) is 0. The van der Waals surface area contributed by atoms with E-state index in [4.69, 9.17) is 53.3 Å². The second-order valence-electron chi connectivity index (χ2n) is 14.9. The van der Waals surface area contributed by atoms with Gasteiger partial charge in [0, 0.05) is 23.9 Å². The lowest BCUT2D eigenvalue weighted by Crippen LogP contribution is -2.44. The number of aromatic nitrogens is 1. The Morgan fingerprint density at radius 1 is 0.621 bits per heavy atom. The zero-order chi connectivity index (χ0) is 42.4. The third kappa shape index (κ3) is 17.6. The Kier molecular flexibility index (Phi) is 20.9. The van der Waals surface area contributed by atoms with E-state index in [0.29, 0.717) is 116 Å². The highest BCUT2D eigenvalue weighted by atomic mass is 16.6. The molecule has 1 aromatic heterocycles. The molecule has 0 saturated carbocycles. The maximum absolute atomic E-state index is 13.7. The lowest BCUT2D eigenvalue weighted by Gasteiger charge is -2.30. The van der Waals surface area contributed by atoms with Gasteiger partial charge in [-0.1, -0.05) is 31.2 Å². The number of pyridine rings is 1. The molecule has 0 unspecified atom stereocenters. The maximum atomic E-state index is 13.7. The second kappa shape index (κ2) is 25.2. The van der Waals surface area contributed by atoms with Gasteiger partial charge >= 0.3 is 12.2 Å². The summed E-state index contributed by atoms with van der Waals surface area (Å²) >= 11 is 0. The van der Waals surface area contributed by atoms with Crippen LogP contribution in [-0.2, 0) is 44.3 Å². The van der Waals surface area contributed by atoms with Gasteiger partial charge in [0.05, 0.1) is 79.3 Å². The standard InChI is InChI=1S/C43H63N3O12/c1-8-36-37(31-45-39(38(36)33-9-13-34(47)14-10-33)46(40(48)57-42(2,3)4)41(49)58-43(5,6)7)32-11-15-35(16-12-32)56-30-29-55-28-27-54-26-25-53-24-23-52-22-21-51-20-19-50-18-17-44/h9-16,31,47H,8,17-30,44H2,1-7H3. The van der Waals surface area contributed by atoms with Crippen molar-refractivity contribution >= 4 is 18.0 Å². The van der Waals surface area contributed by atoms with Gasteiger partial charge < -0.3 is 53.5 Å². The van der Waals surface area contributed by atoms with Gasteiger partial charge in [-0.15, -0.1) is 0 Å². The summed E-state index contributed by atoms with van der Waals surface area (Å²) in [6.07, 6.45) is 0.298. The van der Waals surface area contributed by atoms with E-state index < -0.39 is 23.4 Å². The molecule has 15 heteroatoms. The van der Waals surface area contributed by atoms with Crippen LogP contribution in [0.15, 0.2) is 54.7 Å². The number of amides is 2. The Morgan fingerprint density at radius 3 is 1.45 bits per heavy atom. The van der Waals surface area contributed by atoms with E-state index in [2.05, 4.69) is 0 Å². The molecule has 3 rings (SSSR count). The molecule has 0 aliphatic heterocycles. The zero-order valence-electron chi connectivity index (χ0n) is 35.2. The first-order valence-corrected chi connectivity index (χ1v) is 19.7. The highest BCUT2D eigenvalue weighted by Gasteiger charge is 2.36. The van der Waals surface area contributed by atoms with Crippen LogP contribution in [0.3, 0.4) is 0 Å². The molecule has 15 nitrogen and oxygen atoms in total. The van der Waals surface area contributed by atoms with Gasteiger partial charge in [0.25, 0.3) is 0 Å². The molecule has 0 radical (unpaired) electrons. The van der Waals surface area contributed by atoms with Gasteiger partial charge in [-0.2, -0.15) is 4.90 Å². The van der Waals surface area contributed by atoms with Gasteiger partial charge in [0.1, 0.15) is 29.3 Å². The normalized spacial score (nSPS) is 11.7. The lowest BCUT2D eigenvalue weighted by atomic mass is 9.91. The summed E-state index contributed by atoms with van der Waals surface area (Å²) in [6, 6.07) is 14.1. The zero-order valence-corrected chi connectivity index (χ0v) is 35.2. The van der Waals surface area contributed by atoms with Crippen LogP contribution in [0, 0.1) is 0 Å². The number of anilines is 1. The molecule has 0 aliphatic carbocycles. The summed E-state index contributed by atoms with van der Waals surface area (Å²) in [5.74, 6) is 0.777. The second-order valence-corrected chi connectivity index (χ2v) is 14.9. The molecule has 2 amide bonds. The number of carbonyl (C=O) groups is 2. The number of nitrogens with zero attached hydrogens (tertiary/aromatic N) is 2. The van der Waals surface area contributed by atoms with Crippen LogP contribution in [0.25, 0.3) is 22.3 Å². The Morgan fingerprint density at radius 2 is 1.03 bits per heavy atom. The van der Waals surface area contributed by atoms with Crippen molar-refractivity contribution in [2.45, 2.75) is 66.1 Å². The third-order valence-electron chi connectivity index (χ3n) is 7.82. The molecule has 0 bridgehead atoms. The van der Waals surface area contributed by atoms with E-state index in [1.165, 1.54) is 12.1 Å². The van der Waals surface area contributed by atoms with Crippen LogP contribution in [0.1, 0.15) is 54.0 Å². The number of hydrogen-bond donors (Lipinski definition) is 2. The number of benzene rings is 2. The average molecular weight is 814 g/mol. The molecule has 3 N–H and O–H groups in total. The topological polar surface area (TPSA) is 180 Å². The summed E-state index contributed by atoms with van der Waals surface area (Å²) < 4.78 is 50.0. The largest absolute Gasteiger partial charge is 0.508 e. The molecule has 0 fully saturated rings. The number of phenolic OH excluding ortho intramolecular Hbond substituents is 1. The Labute approximate surface area is 342 Å². The molecule has 0 spiro atoms. The molecule has 3 aromatic rings. The quantitative estimate of drug-likeness (QED) is 0.0854. The molecular weight excluding hydrogens is 750 g/mol. The first-order valence-electron chi connectivity index (χ1n) is 19.7. The Hall–Kier alpha value is -4.35. The van der Waals surface area contributed by atoms with Gasteiger partial charge in [-0.05, 0) is 88.9 Å². The fourth-order valence-electron chi connectivity index (χ4n) is 5.35. The van der Waals surface area contributed by atoms with Crippen LogP contribution in [0.5, 0.6) is 11.5 Å². The van der Waals surface area contributed by atoms with Crippen molar-refractivity contribution in [2.24, 2.45) is 5.73 Å². The fourth-order valence-corrected chi connectivity index (χ4v) is 5.35. The van der Waals surface area contributed by atoms with Crippen molar-refractivity contribution in [1.29, 1.82) is 0 Å². The predicted molar refractivity (Wildman–Crippen MR) is 221 cm³/mol. The van der Waals surface area contributed by atoms with Gasteiger partial charge in [-0.3, -0.25) is 0 Å². The number of nitrogens with two attached hydrogens (primary N) is 1. The summed E-state index contributed by atoms with van der Waals surface area (Å²) in [5.41, 5.74) is 7.16. The number of aromatic hydroxyl groups is 1. The van der Waals surface area contributed by atoms with E-state index in [-0.39, 0.29) is 11.6 Å². The van der Waals surface area contributed by atoms with Gasteiger partial charge in [0.2, 0.25) is 0 Å². The molecule has 1 heterocycles. The van der Waals surface area contributed by atoms with Gasteiger partial charge in [0.15, 0.2) is 5.82 Å². The third-order valence-corrected chi connectivity index (χ3v) is 7.82.